The van der Waals surface area contributed by atoms with Gasteiger partial charge < -0.3 is 14.2 Å². The molecule has 0 amide bonds. The van der Waals surface area contributed by atoms with Crippen molar-refractivity contribution in [1.82, 2.24) is 0 Å². The van der Waals surface area contributed by atoms with E-state index in [2.05, 4.69) is 240 Å². The van der Waals surface area contributed by atoms with Gasteiger partial charge in [0.05, 0.1) is 11.4 Å². The number of hydrogen-bond acceptors (Lipinski definition) is 3. The Morgan fingerprint density at radius 3 is 1.46 bits per heavy atom. The first kappa shape index (κ1) is 34.4. The van der Waals surface area contributed by atoms with E-state index in [1.807, 2.05) is 0 Å². The third-order valence-electron chi connectivity index (χ3n) is 11.4. The Balaban J connectivity index is 1.20. The van der Waals surface area contributed by atoms with Gasteiger partial charge in [0.2, 0.25) is 0 Å². The second-order valence-electron chi connectivity index (χ2n) is 14.9. The molecule has 0 radical (unpaired) electrons. The van der Waals surface area contributed by atoms with E-state index in [1.165, 1.54) is 32.8 Å². The maximum absolute atomic E-state index is 7.03. The van der Waals surface area contributed by atoms with Gasteiger partial charge in [0.25, 0.3) is 0 Å². The van der Waals surface area contributed by atoms with Crippen LogP contribution in [0.4, 0.5) is 34.1 Å². The second-order valence-corrected chi connectivity index (χ2v) is 14.9. The lowest BCUT2D eigenvalue weighted by molar-refractivity contribution is 0.669. The molecule has 3 nitrogen and oxygen atoms in total. The Bertz CT molecular complexity index is 3250. The van der Waals surface area contributed by atoms with Crippen molar-refractivity contribution in [2.24, 2.45) is 0 Å². The van der Waals surface area contributed by atoms with E-state index in [-0.39, 0.29) is 0 Å². The van der Waals surface area contributed by atoms with Crippen LogP contribution in [-0.2, 0) is 0 Å². The Kier molecular flexibility index (Phi) is 8.49. The highest BCUT2D eigenvalue weighted by Gasteiger charge is 2.25. The average Bonchev–Trinajstić information content (AvgIpc) is 3.67. The summed E-state index contributed by atoms with van der Waals surface area (Å²) in [5, 5.41) is 6.81. The monoisotopic (exact) mass is 754 g/mol. The first-order valence-electron chi connectivity index (χ1n) is 20.1. The van der Waals surface area contributed by atoms with Gasteiger partial charge in [-0.05, 0) is 105 Å². The zero-order valence-corrected chi connectivity index (χ0v) is 32.2. The summed E-state index contributed by atoms with van der Waals surface area (Å²) in [5.74, 6) is 0. The molecule has 1 aromatic heterocycles. The molecule has 1 heterocycles. The summed E-state index contributed by atoms with van der Waals surface area (Å²) in [6, 6.07) is 82.3. The summed E-state index contributed by atoms with van der Waals surface area (Å²) in [6.45, 7) is 0. The van der Waals surface area contributed by atoms with Crippen molar-refractivity contribution in [3.63, 3.8) is 0 Å². The molecule has 0 saturated heterocycles. The van der Waals surface area contributed by atoms with Gasteiger partial charge in [-0.2, -0.15) is 0 Å². The highest BCUT2D eigenvalue weighted by molar-refractivity contribution is 6.16. The molecule has 0 fully saturated rings. The first-order valence-corrected chi connectivity index (χ1v) is 20.1. The zero-order chi connectivity index (χ0) is 39.1. The van der Waals surface area contributed by atoms with E-state index in [0.717, 1.165) is 67.0 Å². The fraction of sp³-hybridized carbons (Fsp3) is 0. The lowest BCUT2D eigenvalue weighted by atomic mass is 9.96. The van der Waals surface area contributed by atoms with Gasteiger partial charge in [-0.15, -0.1) is 0 Å². The molecule has 278 valence electrons. The number of furan rings is 1. The van der Waals surface area contributed by atoms with E-state index >= 15 is 0 Å². The molecule has 0 spiro atoms. The number of fused-ring (bicyclic) bond motifs is 5. The molecule has 0 aliphatic rings. The van der Waals surface area contributed by atoms with Crippen LogP contribution in [0.25, 0.3) is 65.7 Å². The van der Waals surface area contributed by atoms with Crippen LogP contribution in [0, 0.1) is 0 Å². The molecule has 0 N–H and O–H groups in total. The van der Waals surface area contributed by atoms with Crippen LogP contribution in [0.2, 0.25) is 0 Å². The molecule has 3 heteroatoms. The van der Waals surface area contributed by atoms with Crippen molar-refractivity contribution in [2.75, 3.05) is 9.80 Å². The molecule has 59 heavy (non-hydrogen) atoms. The number of nitrogens with zero attached hydrogens (tertiary/aromatic N) is 2. The number of hydrogen-bond donors (Lipinski definition) is 0. The molecule has 0 aliphatic heterocycles. The number of benzene rings is 10. The van der Waals surface area contributed by atoms with Gasteiger partial charge in [0.15, 0.2) is 5.58 Å². The van der Waals surface area contributed by atoms with Crippen molar-refractivity contribution < 1.29 is 4.42 Å². The van der Waals surface area contributed by atoms with Crippen LogP contribution in [0.15, 0.2) is 235 Å². The molecular weight excluding hydrogens is 717 g/mol. The quantitative estimate of drug-likeness (QED) is 0.154. The summed E-state index contributed by atoms with van der Waals surface area (Å²) in [5.41, 5.74) is 12.6. The summed E-state index contributed by atoms with van der Waals surface area (Å²) < 4.78 is 7.03. The maximum atomic E-state index is 7.03. The minimum atomic E-state index is 0.826. The van der Waals surface area contributed by atoms with Crippen LogP contribution in [0.3, 0.4) is 0 Å². The molecule has 11 aromatic rings. The molecule has 10 aromatic carbocycles. The van der Waals surface area contributed by atoms with E-state index in [1.54, 1.807) is 0 Å². The Morgan fingerprint density at radius 2 is 0.797 bits per heavy atom. The third kappa shape index (κ3) is 6.17. The second kappa shape index (κ2) is 14.6. The van der Waals surface area contributed by atoms with Crippen molar-refractivity contribution in [3.05, 3.63) is 231 Å². The molecule has 0 unspecified atom stereocenters. The van der Waals surface area contributed by atoms with Gasteiger partial charge in [0, 0.05) is 38.9 Å². The van der Waals surface area contributed by atoms with Crippen molar-refractivity contribution >= 4 is 77.6 Å². The highest BCUT2D eigenvalue weighted by Crippen LogP contribution is 2.49. The largest absolute Gasteiger partial charge is 0.454 e. The maximum Gasteiger partial charge on any atom is 0.159 e. The van der Waals surface area contributed by atoms with Crippen molar-refractivity contribution in [1.29, 1.82) is 0 Å². The van der Waals surface area contributed by atoms with E-state index in [4.69, 9.17) is 4.42 Å². The van der Waals surface area contributed by atoms with Crippen LogP contribution in [0.1, 0.15) is 0 Å². The zero-order valence-electron chi connectivity index (χ0n) is 32.2. The van der Waals surface area contributed by atoms with Crippen LogP contribution < -0.4 is 9.80 Å². The van der Waals surface area contributed by atoms with Gasteiger partial charge >= 0.3 is 0 Å². The Labute approximate surface area is 343 Å². The normalized spacial score (nSPS) is 11.4. The fourth-order valence-electron chi connectivity index (χ4n) is 8.62. The number of anilines is 6. The summed E-state index contributed by atoms with van der Waals surface area (Å²) >= 11 is 0. The molecule has 11 rings (SSSR count). The minimum absolute atomic E-state index is 0.826. The summed E-state index contributed by atoms with van der Waals surface area (Å²) in [7, 11) is 0. The number of para-hydroxylation sites is 2. The molecule has 0 saturated carbocycles. The van der Waals surface area contributed by atoms with Crippen molar-refractivity contribution in [2.45, 2.75) is 0 Å². The lowest BCUT2D eigenvalue weighted by Crippen LogP contribution is -2.14. The topological polar surface area (TPSA) is 19.6 Å². The molecule has 0 atom stereocenters. The smallest absolute Gasteiger partial charge is 0.159 e. The average molecular weight is 755 g/mol. The Hall–Kier alpha value is -7.88. The Morgan fingerprint density at radius 1 is 0.288 bits per heavy atom. The van der Waals surface area contributed by atoms with Gasteiger partial charge in [0.1, 0.15) is 5.58 Å². The predicted octanol–water partition coefficient (Wildman–Crippen LogP) is 16.2. The fourth-order valence-corrected chi connectivity index (χ4v) is 8.62. The van der Waals surface area contributed by atoms with Gasteiger partial charge in [-0.3, -0.25) is 0 Å². The molecular formula is C56H38N2O. The molecule has 0 bridgehead atoms. The summed E-state index contributed by atoms with van der Waals surface area (Å²) in [6.07, 6.45) is 0. The SMILES string of the molecule is c1ccc(-c2ccc(N(c3ccccc3)c3cc(N(c4ccccc4)c4ccc(-c5ccccc5)c5ccccc45)cc4c3oc3cc5ccccc5cc34)cc2)cc1. The third-order valence-corrected chi connectivity index (χ3v) is 11.4. The van der Waals surface area contributed by atoms with Crippen LogP contribution in [-0.4, -0.2) is 0 Å². The number of rotatable bonds is 8. The lowest BCUT2D eigenvalue weighted by Gasteiger charge is -2.30. The van der Waals surface area contributed by atoms with Gasteiger partial charge in [-0.25, -0.2) is 0 Å². The van der Waals surface area contributed by atoms with E-state index in [0.29, 0.717) is 0 Å². The standard InChI is InChI=1S/C56H38N2O/c1-5-17-39(18-6-1)40-29-31-46(32-30-40)57(44-23-9-3-10-24-44)54-38-47(37-52-51-35-42-21-13-14-22-43(42)36-55(51)59-56(52)54)58(45-25-11-4-12-26-45)53-34-33-48(41-19-7-2-8-20-41)49-27-15-16-28-50(49)53/h1-38H. The van der Waals surface area contributed by atoms with Gasteiger partial charge in [-0.1, -0.05) is 164 Å². The van der Waals surface area contributed by atoms with E-state index in [9.17, 15) is 0 Å². The van der Waals surface area contributed by atoms with E-state index < -0.39 is 0 Å². The molecule has 0 aliphatic carbocycles. The minimum Gasteiger partial charge on any atom is -0.454 e. The van der Waals surface area contributed by atoms with Crippen LogP contribution >= 0.6 is 0 Å². The van der Waals surface area contributed by atoms with Crippen LogP contribution in [0.5, 0.6) is 0 Å². The first-order chi connectivity index (χ1) is 29.3. The predicted molar refractivity (Wildman–Crippen MR) is 249 cm³/mol. The van der Waals surface area contributed by atoms with Crippen molar-refractivity contribution in [3.8, 4) is 22.3 Å². The highest BCUT2D eigenvalue weighted by atomic mass is 16.3. The summed E-state index contributed by atoms with van der Waals surface area (Å²) in [4.78, 5) is 4.74.